The molecule has 1 fully saturated rings. The van der Waals surface area contributed by atoms with E-state index in [4.69, 9.17) is 0 Å². The molecule has 1 rings (SSSR count). The average molecular weight is 118 g/mol. The Kier molecular flexibility index (Phi) is 1.30. The van der Waals surface area contributed by atoms with Crippen molar-refractivity contribution in [2.75, 3.05) is 0 Å². The molecule has 0 amide bonds. The molecule has 0 spiro atoms. The lowest BCUT2D eigenvalue weighted by atomic mass is 10.2. The van der Waals surface area contributed by atoms with Gasteiger partial charge >= 0.3 is 0 Å². The first-order valence-electron chi connectivity index (χ1n) is 2.61. The minimum Gasteiger partial charge on any atom is -0.616 e. The van der Waals surface area contributed by atoms with Gasteiger partial charge in [-0.15, -0.1) is 0 Å². The van der Waals surface area contributed by atoms with Crippen LogP contribution < -0.4 is 0 Å². The van der Waals surface area contributed by atoms with Crippen molar-refractivity contribution in [2.24, 2.45) is 0 Å². The summed E-state index contributed by atoms with van der Waals surface area (Å²) < 4.78 is 10.7. The molecule has 1 saturated heterocycles. The second-order valence-electron chi connectivity index (χ2n) is 2.19. The highest BCUT2D eigenvalue weighted by atomic mass is 32.2. The van der Waals surface area contributed by atoms with Crippen LogP contribution in [0.1, 0.15) is 20.3 Å². The van der Waals surface area contributed by atoms with E-state index in [1.165, 1.54) is 0 Å². The van der Waals surface area contributed by atoms with Crippen molar-refractivity contribution >= 4 is 11.2 Å². The second kappa shape index (κ2) is 1.67. The first kappa shape index (κ1) is 5.45. The minimum absolute atomic E-state index is 0.481. The Bertz CT molecular complexity index is 66.5. The van der Waals surface area contributed by atoms with Crippen molar-refractivity contribution in [3.63, 3.8) is 0 Å². The van der Waals surface area contributed by atoms with Crippen LogP contribution in [0.2, 0.25) is 0 Å². The molecule has 42 valence electrons. The lowest BCUT2D eigenvalue weighted by molar-refractivity contribution is 0.524. The van der Waals surface area contributed by atoms with Gasteiger partial charge in [0.1, 0.15) is 10.5 Å². The third-order valence-corrected chi connectivity index (χ3v) is 3.43. The summed E-state index contributed by atoms with van der Waals surface area (Å²) in [6.45, 7) is 4.08. The van der Waals surface area contributed by atoms with E-state index in [2.05, 4.69) is 0 Å². The third-order valence-electron chi connectivity index (χ3n) is 1.46. The first-order valence-corrected chi connectivity index (χ1v) is 3.89. The average Bonchev–Trinajstić information content (AvgIpc) is 1.68. The molecule has 1 nitrogen and oxygen atoms in total. The lowest BCUT2D eigenvalue weighted by Crippen LogP contribution is -2.41. The summed E-state index contributed by atoms with van der Waals surface area (Å²) in [7, 11) is 0. The minimum atomic E-state index is -0.481. The molecule has 1 heterocycles. The van der Waals surface area contributed by atoms with Crippen LogP contribution >= 0.6 is 0 Å². The lowest BCUT2D eigenvalue weighted by Gasteiger charge is -2.33. The molecule has 0 aromatic carbocycles. The highest BCUT2D eigenvalue weighted by Gasteiger charge is 2.37. The van der Waals surface area contributed by atoms with Crippen LogP contribution in [-0.4, -0.2) is 15.1 Å². The summed E-state index contributed by atoms with van der Waals surface area (Å²) in [4.78, 5) is 0. The standard InChI is InChI=1S/C5H10OS/c1-4-3-5(2)7(4)6/h4-5H,3H2,1-2H3/t4-,5?,7?/m1/s1. The summed E-state index contributed by atoms with van der Waals surface area (Å²) in [6.07, 6.45) is 1.16. The van der Waals surface area contributed by atoms with Gasteiger partial charge in [-0.05, 0) is 25.0 Å². The van der Waals surface area contributed by atoms with E-state index in [0.29, 0.717) is 10.5 Å². The van der Waals surface area contributed by atoms with Crippen molar-refractivity contribution in [1.29, 1.82) is 0 Å². The van der Waals surface area contributed by atoms with Gasteiger partial charge < -0.3 is 4.55 Å². The maximum Gasteiger partial charge on any atom is 0.117 e. The van der Waals surface area contributed by atoms with Gasteiger partial charge in [-0.1, -0.05) is 0 Å². The Balaban J connectivity index is 2.29. The fourth-order valence-corrected chi connectivity index (χ4v) is 2.32. The van der Waals surface area contributed by atoms with Crippen molar-refractivity contribution < 1.29 is 4.55 Å². The second-order valence-corrected chi connectivity index (χ2v) is 4.45. The number of hydrogen-bond acceptors (Lipinski definition) is 1. The molecule has 1 aliphatic rings. The smallest absolute Gasteiger partial charge is 0.117 e. The fraction of sp³-hybridized carbons (Fsp3) is 1.00. The quantitative estimate of drug-likeness (QED) is 0.434. The van der Waals surface area contributed by atoms with Crippen LogP contribution in [0.25, 0.3) is 0 Å². The zero-order valence-electron chi connectivity index (χ0n) is 4.68. The van der Waals surface area contributed by atoms with Crippen molar-refractivity contribution in [3.05, 3.63) is 0 Å². The van der Waals surface area contributed by atoms with Gasteiger partial charge in [0, 0.05) is 6.42 Å². The highest BCUT2D eigenvalue weighted by Crippen LogP contribution is 2.27. The molecule has 0 bridgehead atoms. The summed E-state index contributed by atoms with van der Waals surface area (Å²) in [5, 5.41) is 0.963. The zero-order valence-corrected chi connectivity index (χ0v) is 5.49. The predicted octanol–water partition coefficient (Wildman–Crippen LogP) is 0.916. The van der Waals surface area contributed by atoms with Crippen LogP contribution in [0.5, 0.6) is 0 Å². The molecule has 0 saturated carbocycles. The Hall–Kier alpha value is 0.310. The molecule has 0 aromatic rings. The molecule has 2 unspecified atom stereocenters. The molecule has 0 N–H and O–H groups in total. The first-order chi connectivity index (χ1) is 3.22. The van der Waals surface area contributed by atoms with Gasteiger partial charge in [-0.2, -0.15) is 0 Å². The summed E-state index contributed by atoms with van der Waals surface area (Å²) in [5.74, 6) is 0. The van der Waals surface area contributed by atoms with Crippen LogP contribution in [0.3, 0.4) is 0 Å². The SMILES string of the molecule is CC1C[C@@H](C)[S+]1[O-]. The van der Waals surface area contributed by atoms with E-state index in [-0.39, 0.29) is 0 Å². The van der Waals surface area contributed by atoms with E-state index in [1.54, 1.807) is 0 Å². The monoisotopic (exact) mass is 118 g/mol. The maximum absolute atomic E-state index is 10.7. The fourth-order valence-electron chi connectivity index (χ4n) is 0.931. The number of hydrogen-bond donors (Lipinski definition) is 0. The summed E-state index contributed by atoms with van der Waals surface area (Å²) >= 11 is -0.481. The molecular weight excluding hydrogens is 108 g/mol. The van der Waals surface area contributed by atoms with E-state index >= 15 is 0 Å². The Morgan fingerprint density at radius 1 is 1.43 bits per heavy atom. The van der Waals surface area contributed by atoms with Crippen LogP contribution in [0.15, 0.2) is 0 Å². The number of rotatable bonds is 0. The van der Waals surface area contributed by atoms with Gasteiger partial charge in [0.05, 0.1) is 0 Å². The van der Waals surface area contributed by atoms with Gasteiger partial charge in [-0.25, -0.2) is 0 Å². The van der Waals surface area contributed by atoms with E-state index < -0.39 is 11.2 Å². The topological polar surface area (TPSA) is 23.1 Å². The molecular formula is C5H10OS. The summed E-state index contributed by atoms with van der Waals surface area (Å²) in [5.41, 5.74) is 0. The van der Waals surface area contributed by atoms with E-state index in [9.17, 15) is 4.55 Å². The van der Waals surface area contributed by atoms with E-state index in [1.807, 2.05) is 13.8 Å². The van der Waals surface area contributed by atoms with Gasteiger partial charge in [0.25, 0.3) is 0 Å². The molecule has 3 atom stereocenters. The van der Waals surface area contributed by atoms with Crippen molar-refractivity contribution in [3.8, 4) is 0 Å². The van der Waals surface area contributed by atoms with E-state index in [0.717, 1.165) is 6.42 Å². The molecule has 0 aliphatic carbocycles. The van der Waals surface area contributed by atoms with Crippen LogP contribution in [0.4, 0.5) is 0 Å². The van der Waals surface area contributed by atoms with Crippen molar-refractivity contribution in [1.82, 2.24) is 0 Å². The van der Waals surface area contributed by atoms with Crippen molar-refractivity contribution in [2.45, 2.75) is 30.8 Å². The highest BCUT2D eigenvalue weighted by molar-refractivity contribution is 7.94. The molecule has 7 heavy (non-hydrogen) atoms. The molecule has 0 aromatic heterocycles. The van der Waals surface area contributed by atoms with Gasteiger partial charge in [-0.3, -0.25) is 0 Å². The van der Waals surface area contributed by atoms with Gasteiger partial charge in [0.15, 0.2) is 0 Å². The van der Waals surface area contributed by atoms with Crippen LogP contribution in [-0.2, 0) is 11.2 Å². The van der Waals surface area contributed by atoms with Gasteiger partial charge in [0.2, 0.25) is 0 Å². The Morgan fingerprint density at radius 3 is 1.86 bits per heavy atom. The molecule has 1 aliphatic heterocycles. The third kappa shape index (κ3) is 0.774. The largest absolute Gasteiger partial charge is 0.616 e. The predicted molar refractivity (Wildman–Crippen MR) is 31.7 cm³/mol. The Labute approximate surface area is 47.3 Å². The normalized spacial score (nSPS) is 51.0. The zero-order chi connectivity index (χ0) is 5.44. The van der Waals surface area contributed by atoms with Crippen LogP contribution in [0, 0.1) is 0 Å². The Morgan fingerprint density at radius 2 is 1.86 bits per heavy atom. The maximum atomic E-state index is 10.7. The summed E-state index contributed by atoms with van der Waals surface area (Å²) in [6, 6.07) is 0. The molecule has 0 radical (unpaired) electrons. The molecule has 2 heteroatoms.